The molecule has 96 valence electrons. The fourth-order valence-electron chi connectivity index (χ4n) is 1.36. The highest BCUT2D eigenvalue weighted by molar-refractivity contribution is 5.90. The molecule has 0 aliphatic carbocycles. The predicted molar refractivity (Wildman–Crippen MR) is 69.1 cm³/mol. The molecule has 1 aromatic carbocycles. The van der Waals surface area contributed by atoms with E-state index in [-0.39, 0.29) is 5.91 Å². The molecule has 5 nitrogen and oxygen atoms in total. The van der Waals surface area contributed by atoms with E-state index < -0.39 is 0 Å². The molecule has 0 heterocycles. The van der Waals surface area contributed by atoms with Gasteiger partial charge in [-0.1, -0.05) is 6.07 Å². The molecule has 1 amide bonds. The second-order valence-corrected chi connectivity index (χ2v) is 3.72. The van der Waals surface area contributed by atoms with Crippen LogP contribution in [-0.2, 0) is 4.79 Å². The third-order valence-electron chi connectivity index (χ3n) is 2.19. The van der Waals surface area contributed by atoms with Crippen LogP contribution in [-0.4, -0.2) is 19.1 Å². The van der Waals surface area contributed by atoms with E-state index in [1.54, 1.807) is 18.2 Å². The zero-order chi connectivity index (χ0) is 13.2. The van der Waals surface area contributed by atoms with Crippen LogP contribution in [0.25, 0.3) is 0 Å². The van der Waals surface area contributed by atoms with Crippen molar-refractivity contribution < 1.29 is 9.53 Å². The first-order valence-electron chi connectivity index (χ1n) is 5.86. The Labute approximate surface area is 107 Å². The van der Waals surface area contributed by atoms with E-state index in [1.807, 2.05) is 6.07 Å². The van der Waals surface area contributed by atoms with E-state index in [1.165, 1.54) is 0 Å². The van der Waals surface area contributed by atoms with E-state index in [9.17, 15) is 4.79 Å². The molecule has 1 aromatic rings. The van der Waals surface area contributed by atoms with Gasteiger partial charge in [0.15, 0.2) is 0 Å². The molecule has 1 rings (SSSR count). The van der Waals surface area contributed by atoms with E-state index in [0.717, 1.165) is 0 Å². The van der Waals surface area contributed by atoms with Gasteiger partial charge in [0.05, 0.1) is 12.7 Å². The summed E-state index contributed by atoms with van der Waals surface area (Å²) in [5.74, 6) is 0.567. The minimum atomic E-state index is -0.112. The van der Waals surface area contributed by atoms with Gasteiger partial charge in [0, 0.05) is 31.1 Å². The summed E-state index contributed by atoms with van der Waals surface area (Å²) in [6.45, 7) is 0.823. The lowest BCUT2D eigenvalue weighted by Crippen LogP contribution is -2.16. The topological polar surface area (TPSA) is 88.1 Å². The molecule has 0 unspecified atom stereocenters. The number of nitriles is 1. The summed E-state index contributed by atoms with van der Waals surface area (Å²) in [6, 6.07) is 9.21. The van der Waals surface area contributed by atoms with E-state index >= 15 is 0 Å². The lowest BCUT2D eigenvalue weighted by molar-refractivity contribution is -0.116. The zero-order valence-corrected chi connectivity index (χ0v) is 10.2. The second kappa shape index (κ2) is 8.09. The molecule has 0 fully saturated rings. The van der Waals surface area contributed by atoms with Gasteiger partial charge in [-0.2, -0.15) is 5.26 Å². The van der Waals surface area contributed by atoms with Crippen LogP contribution in [0.4, 0.5) is 5.69 Å². The van der Waals surface area contributed by atoms with Gasteiger partial charge in [0.1, 0.15) is 5.75 Å². The Balaban J connectivity index is 2.46. The van der Waals surface area contributed by atoms with Crippen molar-refractivity contribution >= 4 is 11.6 Å². The first-order valence-corrected chi connectivity index (χ1v) is 5.86. The van der Waals surface area contributed by atoms with Gasteiger partial charge in [-0.05, 0) is 18.6 Å². The van der Waals surface area contributed by atoms with Crippen molar-refractivity contribution in [3.05, 3.63) is 24.3 Å². The van der Waals surface area contributed by atoms with Crippen molar-refractivity contribution in [2.75, 3.05) is 18.5 Å². The highest BCUT2D eigenvalue weighted by Crippen LogP contribution is 2.17. The van der Waals surface area contributed by atoms with Crippen molar-refractivity contribution in [3.63, 3.8) is 0 Å². The molecule has 0 bridgehead atoms. The van der Waals surface area contributed by atoms with Gasteiger partial charge < -0.3 is 15.8 Å². The van der Waals surface area contributed by atoms with Crippen molar-refractivity contribution in [1.82, 2.24) is 0 Å². The molecular formula is C13H17N3O2. The van der Waals surface area contributed by atoms with Crippen LogP contribution in [0.15, 0.2) is 24.3 Å². The molecule has 0 atom stereocenters. The van der Waals surface area contributed by atoms with Crippen molar-refractivity contribution in [2.45, 2.75) is 19.3 Å². The molecule has 0 aliphatic rings. The molecular weight excluding hydrogens is 230 g/mol. The van der Waals surface area contributed by atoms with Gasteiger partial charge in [0.25, 0.3) is 0 Å². The van der Waals surface area contributed by atoms with Gasteiger partial charge in [-0.3, -0.25) is 4.79 Å². The normalized spacial score (nSPS) is 9.56. The monoisotopic (exact) mass is 247 g/mol. The number of rotatable bonds is 7. The Morgan fingerprint density at radius 2 is 2.33 bits per heavy atom. The average Bonchev–Trinajstić information content (AvgIpc) is 2.35. The first kappa shape index (κ1) is 14.0. The maximum Gasteiger partial charge on any atom is 0.225 e. The van der Waals surface area contributed by atoms with Gasteiger partial charge >= 0.3 is 0 Å². The summed E-state index contributed by atoms with van der Waals surface area (Å²) in [5, 5.41) is 11.1. The maximum atomic E-state index is 11.4. The number of nitrogens with two attached hydrogens (primary N) is 1. The number of anilines is 1. The fraction of sp³-hybridized carbons (Fsp3) is 0.385. The predicted octanol–water partition coefficient (Wildman–Crippen LogP) is 1.66. The van der Waals surface area contributed by atoms with Crippen LogP contribution in [0.1, 0.15) is 19.3 Å². The molecule has 0 radical (unpaired) electrons. The highest BCUT2D eigenvalue weighted by atomic mass is 16.5. The zero-order valence-electron chi connectivity index (χ0n) is 10.2. The van der Waals surface area contributed by atoms with Gasteiger partial charge in [-0.15, -0.1) is 0 Å². The Kier molecular flexibility index (Phi) is 6.30. The maximum absolute atomic E-state index is 11.4. The molecule has 0 aromatic heterocycles. The number of amides is 1. The molecule has 5 heteroatoms. The van der Waals surface area contributed by atoms with E-state index in [2.05, 4.69) is 11.4 Å². The number of hydrogen-bond acceptors (Lipinski definition) is 4. The highest BCUT2D eigenvalue weighted by Gasteiger charge is 2.02. The minimum Gasteiger partial charge on any atom is -0.493 e. The lowest BCUT2D eigenvalue weighted by atomic mass is 10.3. The van der Waals surface area contributed by atoms with Crippen molar-refractivity contribution in [2.24, 2.45) is 5.73 Å². The lowest BCUT2D eigenvalue weighted by Gasteiger charge is -2.08. The molecule has 0 saturated carbocycles. The number of ether oxygens (including phenoxy) is 1. The Bertz CT molecular complexity index is 426. The van der Waals surface area contributed by atoms with E-state index in [0.29, 0.717) is 43.9 Å². The molecule has 0 spiro atoms. The van der Waals surface area contributed by atoms with Gasteiger partial charge in [-0.25, -0.2) is 0 Å². The minimum absolute atomic E-state index is 0.112. The number of unbranched alkanes of at least 4 members (excludes halogenated alkanes) is 1. The number of carbonyl (C=O) groups excluding carboxylic acids is 1. The van der Waals surface area contributed by atoms with Crippen LogP contribution >= 0.6 is 0 Å². The van der Waals surface area contributed by atoms with Crippen LogP contribution in [0, 0.1) is 11.3 Å². The number of hydrogen-bond donors (Lipinski definition) is 2. The SMILES string of the molecule is N#CCCCOc1cccc(NC(=O)CCN)c1. The van der Waals surface area contributed by atoms with Crippen LogP contribution in [0.2, 0.25) is 0 Å². The van der Waals surface area contributed by atoms with Gasteiger partial charge in [0.2, 0.25) is 5.91 Å². The van der Waals surface area contributed by atoms with Crippen LogP contribution in [0.5, 0.6) is 5.75 Å². The Morgan fingerprint density at radius 1 is 1.50 bits per heavy atom. The first-order chi connectivity index (χ1) is 8.76. The summed E-state index contributed by atoms with van der Waals surface area (Å²) < 4.78 is 5.46. The van der Waals surface area contributed by atoms with Crippen molar-refractivity contribution in [3.8, 4) is 11.8 Å². The number of nitrogens with zero attached hydrogens (tertiary/aromatic N) is 1. The fourth-order valence-corrected chi connectivity index (χ4v) is 1.36. The summed E-state index contributed by atoms with van der Waals surface area (Å²) in [7, 11) is 0. The Morgan fingerprint density at radius 3 is 3.06 bits per heavy atom. The standard InChI is InChI=1S/C13H17N3O2/c14-7-1-2-9-18-12-5-3-4-11(10-12)16-13(17)6-8-15/h3-5,10H,1-2,6,8-9,15H2,(H,16,17). The third kappa shape index (κ3) is 5.32. The summed E-state index contributed by atoms with van der Waals surface area (Å²) in [4.78, 5) is 11.4. The number of benzene rings is 1. The molecule has 0 aliphatic heterocycles. The van der Waals surface area contributed by atoms with Crippen LogP contribution in [0.3, 0.4) is 0 Å². The summed E-state index contributed by atoms with van der Waals surface area (Å²) in [6.07, 6.45) is 1.47. The Hall–Kier alpha value is -2.06. The number of nitrogens with one attached hydrogen (secondary N) is 1. The smallest absolute Gasteiger partial charge is 0.225 e. The average molecular weight is 247 g/mol. The third-order valence-corrected chi connectivity index (χ3v) is 2.19. The molecule has 3 N–H and O–H groups in total. The summed E-state index contributed by atoms with van der Waals surface area (Å²) >= 11 is 0. The molecule has 18 heavy (non-hydrogen) atoms. The van der Waals surface area contributed by atoms with E-state index in [4.69, 9.17) is 15.7 Å². The summed E-state index contributed by atoms with van der Waals surface area (Å²) in [5.41, 5.74) is 5.98. The van der Waals surface area contributed by atoms with Crippen LogP contribution < -0.4 is 15.8 Å². The van der Waals surface area contributed by atoms with Crippen molar-refractivity contribution in [1.29, 1.82) is 5.26 Å². The quantitative estimate of drug-likeness (QED) is 0.717. The second-order valence-electron chi connectivity index (χ2n) is 3.72. The number of carbonyl (C=O) groups is 1. The largest absolute Gasteiger partial charge is 0.493 e. The molecule has 0 saturated heterocycles.